The van der Waals surface area contributed by atoms with Crippen LogP contribution in [0.2, 0.25) is 0 Å². The van der Waals surface area contributed by atoms with E-state index < -0.39 is 10.7 Å². The SMILES string of the molecule is Cc1noc(CNCc2cc(F)ccc2[N+](=O)[O-])n1. The van der Waals surface area contributed by atoms with Gasteiger partial charge in [0.2, 0.25) is 5.89 Å². The summed E-state index contributed by atoms with van der Waals surface area (Å²) in [5, 5.41) is 17.3. The summed E-state index contributed by atoms with van der Waals surface area (Å²) in [6.45, 7) is 2.08. The topological polar surface area (TPSA) is 94.1 Å². The standard InChI is InChI=1S/C11H11FN4O3/c1-7-14-11(19-15-7)6-13-5-8-4-9(12)2-3-10(8)16(17)18/h2-4,13H,5-6H2,1H3. The fraction of sp³-hybridized carbons (Fsp3) is 0.273. The van der Waals surface area contributed by atoms with Gasteiger partial charge in [-0.25, -0.2) is 4.39 Å². The van der Waals surface area contributed by atoms with Crippen LogP contribution in [0.15, 0.2) is 22.7 Å². The minimum absolute atomic E-state index is 0.129. The van der Waals surface area contributed by atoms with Gasteiger partial charge in [0, 0.05) is 18.2 Å². The normalized spacial score (nSPS) is 10.6. The molecule has 0 aliphatic heterocycles. The van der Waals surface area contributed by atoms with Gasteiger partial charge in [0.25, 0.3) is 5.69 Å². The highest BCUT2D eigenvalue weighted by molar-refractivity contribution is 5.40. The largest absolute Gasteiger partial charge is 0.338 e. The zero-order valence-electron chi connectivity index (χ0n) is 10.1. The second kappa shape index (κ2) is 5.53. The summed E-state index contributed by atoms with van der Waals surface area (Å²) in [7, 11) is 0. The Labute approximate surface area is 107 Å². The molecule has 0 amide bonds. The third-order valence-electron chi connectivity index (χ3n) is 2.40. The van der Waals surface area contributed by atoms with Crippen molar-refractivity contribution in [3.8, 4) is 0 Å². The number of hydrogen-bond acceptors (Lipinski definition) is 6. The summed E-state index contributed by atoms with van der Waals surface area (Å²) >= 11 is 0. The molecule has 19 heavy (non-hydrogen) atoms. The van der Waals surface area contributed by atoms with E-state index in [-0.39, 0.29) is 24.3 Å². The molecular formula is C11H11FN4O3. The molecule has 100 valence electrons. The van der Waals surface area contributed by atoms with Crippen LogP contribution in [0, 0.1) is 22.9 Å². The van der Waals surface area contributed by atoms with E-state index in [4.69, 9.17) is 4.52 Å². The highest BCUT2D eigenvalue weighted by Gasteiger charge is 2.14. The van der Waals surface area contributed by atoms with Crippen LogP contribution < -0.4 is 5.32 Å². The Morgan fingerprint density at radius 1 is 1.47 bits per heavy atom. The van der Waals surface area contributed by atoms with E-state index in [1.807, 2.05) is 0 Å². The molecule has 7 nitrogen and oxygen atoms in total. The lowest BCUT2D eigenvalue weighted by Crippen LogP contribution is -2.14. The van der Waals surface area contributed by atoms with Gasteiger partial charge in [-0.2, -0.15) is 4.98 Å². The number of aromatic nitrogens is 2. The first-order valence-electron chi connectivity index (χ1n) is 5.49. The molecule has 0 saturated carbocycles. The molecular weight excluding hydrogens is 255 g/mol. The van der Waals surface area contributed by atoms with Crippen molar-refractivity contribution in [1.82, 2.24) is 15.5 Å². The number of nitrogens with one attached hydrogen (secondary N) is 1. The summed E-state index contributed by atoms with van der Waals surface area (Å²) in [5.41, 5.74) is 0.136. The van der Waals surface area contributed by atoms with Gasteiger partial charge in [-0.1, -0.05) is 5.16 Å². The summed E-state index contributed by atoms with van der Waals surface area (Å²) < 4.78 is 17.9. The Bertz CT molecular complexity index is 599. The molecule has 0 unspecified atom stereocenters. The Hall–Kier alpha value is -2.35. The van der Waals surface area contributed by atoms with Crippen LogP contribution in [-0.2, 0) is 13.1 Å². The van der Waals surface area contributed by atoms with Gasteiger partial charge in [0.05, 0.1) is 11.5 Å². The number of nitrogens with zero attached hydrogens (tertiary/aromatic N) is 3. The Morgan fingerprint density at radius 3 is 2.89 bits per heavy atom. The van der Waals surface area contributed by atoms with E-state index in [2.05, 4.69) is 15.5 Å². The summed E-state index contributed by atoms with van der Waals surface area (Å²) in [4.78, 5) is 14.2. The number of benzene rings is 1. The summed E-state index contributed by atoms with van der Waals surface area (Å²) in [6.07, 6.45) is 0. The molecule has 0 fully saturated rings. The van der Waals surface area contributed by atoms with Crippen LogP contribution in [-0.4, -0.2) is 15.1 Å². The van der Waals surface area contributed by atoms with Crippen LogP contribution in [0.3, 0.4) is 0 Å². The Morgan fingerprint density at radius 2 is 2.26 bits per heavy atom. The van der Waals surface area contributed by atoms with Gasteiger partial charge in [-0.15, -0.1) is 0 Å². The third kappa shape index (κ3) is 3.32. The number of nitro groups is 1. The van der Waals surface area contributed by atoms with Crippen molar-refractivity contribution in [3.63, 3.8) is 0 Å². The summed E-state index contributed by atoms with van der Waals surface area (Å²) in [6, 6.07) is 3.33. The molecule has 0 bridgehead atoms. The van der Waals surface area contributed by atoms with Crippen LogP contribution >= 0.6 is 0 Å². The average Bonchev–Trinajstić information content (AvgIpc) is 2.75. The zero-order chi connectivity index (χ0) is 13.8. The molecule has 0 saturated heterocycles. The molecule has 8 heteroatoms. The fourth-order valence-electron chi connectivity index (χ4n) is 1.59. The monoisotopic (exact) mass is 266 g/mol. The van der Waals surface area contributed by atoms with Gasteiger partial charge in [0.1, 0.15) is 5.82 Å². The van der Waals surface area contributed by atoms with Gasteiger partial charge in [0.15, 0.2) is 5.82 Å². The number of nitro benzene ring substituents is 1. The molecule has 2 aromatic rings. The molecule has 0 radical (unpaired) electrons. The van der Waals surface area contributed by atoms with Crippen LogP contribution in [0.1, 0.15) is 17.3 Å². The molecule has 1 aromatic carbocycles. The lowest BCUT2D eigenvalue weighted by atomic mass is 10.1. The van der Waals surface area contributed by atoms with Crippen LogP contribution in [0.4, 0.5) is 10.1 Å². The maximum absolute atomic E-state index is 13.1. The second-order valence-corrected chi connectivity index (χ2v) is 3.87. The van der Waals surface area contributed by atoms with Crippen molar-refractivity contribution in [2.45, 2.75) is 20.0 Å². The minimum atomic E-state index is -0.548. The minimum Gasteiger partial charge on any atom is -0.338 e. The predicted octanol–water partition coefficient (Wildman–Crippen LogP) is 1.72. The fourth-order valence-corrected chi connectivity index (χ4v) is 1.59. The number of rotatable bonds is 5. The van der Waals surface area contributed by atoms with Crippen LogP contribution in [0.5, 0.6) is 0 Å². The second-order valence-electron chi connectivity index (χ2n) is 3.87. The molecule has 1 N–H and O–H groups in total. The van der Waals surface area contributed by atoms with E-state index in [0.717, 1.165) is 18.2 Å². The summed E-state index contributed by atoms with van der Waals surface area (Å²) in [5.74, 6) is 0.362. The van der Waals surface area contributed by atoms with E-state index in [0.29, 0.717) is 11.7 Å². The lowest BCUT2D eigenvalue weighted by Gasteiger charge is -2.03. The quantitative estimate of drug-likeness (QED) is 0.654. The van der Waals surface area contributed by atoms with Crippen molar-refractivity contribution in [2.75, 3.05) is 0 Å². The number of aryl methyl sites for hydroxylation is 1. The number of hydrogen-bond donors (Lipinski definition) is 1. The Balaban J connectivity index is 2.02. The molecule has 1 aromatic heterocycles. The van der Waals surface area contributed by atoms with Crippen molar-refractivity contribution < 1.29 is 13.8 Å². The first-order valence-corrected chi connectivity index (χ1v) is 5.49. The highest BCUT2D eigenvalue weighted by Crippen LogP contribution is 2.19. The average molecular weight is 266 g/mol. The third-order valence-corrected chi connectivity index (χ3v) is 2.40. The van der Waals surface area contributed by atoms with Crippen LogP contribution in [0.25, 0.3) is 0 Å². The predicted molar refractivity (Wildman–Crippen MR) is 62.6 cm³/mol. The Kier molecular flexibility index (Phi) is 3.81. The number of halogens is 1. The molecule has 0 spiro atoms. The maximum Gasteiger partial charge on any atom is 0.274 e. The maximum atomic E-state index is 13.1. The van der Waals surface area contributed by atoms with Crippen molar-refractivity contribution in [3.05, 3.63) is 51.4 Å². The molecule has 2 rings (SSSR count). The zero-order valence-corrected chi connectivity index (χ0v) is 10.1. The van der Waals surface area contributed by atoms with Gasteiger partial charge in [-0.05, 0) is 19.1 Å². The molecule has 0 atom stereocenters. The van der Waals surface area contributed by atoms with Gasteiger partial charge >= 0.3 is 0 Å². The molecule has 1 heterocycles. The van der Waals surface area contributed by atoms with Gasteiger partial charge in [-0.3, -0.25) is 10.1 Å². The van der Waals surface area contributed by atoms with E-state index in [1.54, 1.807) is 6.92 Å². The van der Waals surface area contributed by atoms with Crippen molar-refractivity contribution in [2.24, 2.45) is 0 Å². The van der Waals surface area contributed by atoms with Crippen molar-refractivity contribution >= 4 is 5.69 Å². The van der Waals surface area contributed by atoms with E-state index in [1.165, 1.54) is 0 Å². The smallest absolute Gasteiger partial charge is 0.274 e. The van der Waals surface area contributed by atoms with E-state index >= 15 is 0 Å². The first kappa shape index (κ1) is 13.1. The van der Waals surface area contributed by atoms with Gasteiger partial charge < -0.3 is 9.84 Å². The van der Waals surface area contributed by atoms with Crippen molar-refractivity contribution in [1.29, 1.82) is 0 Å². The first-order chi connectivity index (χ1) is 9.06. The highest BCUT2D eigenvalue weighted by atomic mass is 19.1. The molecule has 0 aliphatic carbocycles. The van der Waals surface area contributed by atoms with E-state index in [9.17, 15) is 14.5 Å². The molecule has 0 aliphatic rings. The lowest BCUT2D eigenvalue weighted by molar-refractivity contribution is -0.385.